The van der Waals surface area contributed by atoms with Crippen molar-refractivity contribution >= 4 is 17.6 Å². The van der Waals surface area contributed by atoms with Gasteiger partial charge in [0.15, 0.2) is 6.23 Å². The molecule has 0 aliphatic rings. The van der Waals surface area contributed by atoms with E-state index in [4.69, 9.17) is 10.5 Å². The van der Waals surface area contributed by atoms with Crippen LogP contribution >= 0.6 is 0 Å². The fourth-order valence-corrected chi connectivity index (χ4v) is 1.36. The average molecular weight is 236 g/mol. The lowest BCUT2D eigenvalue weighted by Gasteiger charge is -2.24. The summed E-state index contributed by atoms with van der Waals surface area (Å²) >= 11 is 0. The first kappa shape index (κ1) is 13.0. The first-order valence-electron chi connectivity index (χ1n) is 5.21. The molecule has 1 aromatic rings. The third-order valence-corrected chi connectivity index (χ3v) is 2.34. The number of nitrogens with two attached hydrogens (primary N) is 1. The Morgan fingerprint density at radius 1 is 1.41 bits per heavy atom. The predicted octanol–water partition coefficient (Wildman–Crippen LogP) is 1.25. The van der Waals surface area contributed by atoms with Crippen LogP contribution in [0.1, 0.15) is 24.2 Å². The van der Waals surface area contributed by atoms with Crippen LogP contribution in [0, 0.1) is 0 Å². The molecule has 0 spiro atoms. The summed E-state index contributed by atoms with van der Waals surface area (Å²) in [6, 6.07) is 6.65. The molecule has 92 valence electrons. The Morgan fingerprint density at radius 3 is 2.59 bits per heavy atom. The number of anilines is 1. The first-order valence-corrected chi connectivity index (χ1v) is 5.21. The van der Waals surface area contributed by atoms with Crippen molar-refractivity contribution in [3.63, 3.8) is 0 Å². The summed E-state index contributed by atoms with van der Waals surface area (Å²) < 4.78 is 4.92. The van der Waals surface area contributed by atoms with Crippen LogP contribution in [0.4, 0.5) is 5.69 Å². The van der Waals surface area contributed by atoms with Crippen LogP contribution in [0.25, 0.3) is 0 Å². The Labute approximate surface area is 100 Å². The monoisotopic (exact) mass is 236 g/mol. The van der Waals surface area contributed by atoms with Crippen LogP contribution in [-0.2, 0) is 9.53 Å². The molecule has 0 aromatic heterocycles. The zero-order valence-corrected chi connectivity index (χ0v) is 10.1. The zero-order valence-electron chi connectivity index (χ0n) is 10.1. The highest BCUT2D eigenvalue weighted by atomic mass is 16.6. The number of hydrogen-bond donors (Lipinski definition) is 1. The number of nitrogen functional groups attached to an aromatic ring is 1. The molecular weight excluding hydrogens is 220 g/mol. The van der Waals surface area contributed by atoms with E-state index >= 15 is 0 Å². The first-order chi connectivity index (χ1) is 7.91. The highest BCUT2D eigenvalue weighted by molar-refractivity contribution is 5.95. The predicted molar refractivity (Wildman–Crippen MR) is 64.2 cm³/mol. The van der Waals surface area contributed by atoms with Gasteiger partial charge in [-0.1, -0.05) is 6.07 Å². The molecule has 1 unspecified atom stereocenters. The number of benzene rings is 1. The van der Waals surface area contributed by atoms with E-state index in [-0.39, 0.29) is 5.91 Å². The van der Waals surface area contributed by atoms with Crippen molar-refractivity contribution in [3.05, 3.63) is 29.8 Å². The fraction of sp³-hybridized carbons (Fsp3) is 0.333. The Bertz CT molecular complexity index is 432. The molecule has 17 heavy (non-hydrogen) atoms. The smallest absolute Gasteiger partial charge is 0.304 e. The molecule has 0 saturated carbocycles. The van der Waals surface area contributed by atoms with Gasteiger partial charge < -0.3 is 15.4 Å². The lowest BCUT2D eigenvalue weighted by molar-refractivity contribution is -0.151. The molecular formula is C12H16N2O3. The van der Waals surface area contributed by atoms with Gasteiger partial charge in [0, 0.05) is 25.2 Å². The highest BCUT2D eigenvalue weighted by Crippen LogP contribution is 2.11. The number of rotatable bonds is 3. The fourth-order valence-electron chi connectivity index (χ4n) is 1.36. The van der Waals surface area contributed by atoms with E-state index < -0.39 is 12.2 Å². The SMILES string of the molecule is CC(=O)OC(C)N(C)C(=O)c1cccc(N)c1. The van der Waals surface area contributed by atoms with Crippen molar-refractivity contribution in [2.45, 2.75) is 20.1 Å². The van der Waals surface area contributed by atoms with Gasteiger partial charge in [-0.15, -0.1) is 0 Å². The highest BCUT2D eigenvalue weighted by Gasteiger charge is 2.19. The van der Waals surface area contributed by atoms with E-state index in [1.165, 1.54) is 11.8 Å². The normalized spacial score (nSPS) is 11.7. The standard InChI is InChI=1S/C12H16N2O3/c1-8(17-9(2)15)14(3)12(16)10-5-4-6-11(13)7-10/h4-8H,13H2,1-3H3. The molecule has 0 aliphatic carbocycles. The summed E-state index contributed by atoms with van der Waals surface area (Å²) in [5.41, 5.74) is 6.58. The molecule has 1 amide bonds. The second kappa shape index (κ2) is 5.34. The van der Waals surface area contributed by atoms with Crippen molar-refractivity contribution < 1.29 is 14.3 Å². The summed E-state index contributed by atoms with van der Waals surface area (Å²) in [6.07, 6.45) is -0.610. The number of amides is 1. The second-order valence-corrected chi connectivity index (χ2v) is 3.75. The van der Waals surface area contributed by atoms with Gasteiger partial charge in [0.2, 0.25) is 0 Å². The van der Waals surface area contributed by atoms with Crippen LogP contribution in [-0.4, -0.2) is 30.1 Å². The maximum absolute atomic E-state index is 12.0. The Kier molecular flexibility index (Phi) is 4.09. The summed E-state index contributed by atoms with van der Waals surface area (Å²) in [5, 5.41) is 0. The summed E-state index contributed by atoms with van der Waals surface area (Å²) in [4.78, 5) is 24.1. The molecule has 0 bridgehead atoms. The minimum Gasteiger partial charge on any atom is -0.442 e. The molecule has 5 nitrogen and oxygen atoms in total. The molecule has 0 saturated heterocycles. The van der Waals surface area contributed by atoms with Gasteiger partial charge in [-0.2, -0.15) is 0 Å². The number of esters is 1. The van der Waals surface area contributed by atoms with Crippen LogP contribution in [0.5, 0.6) is 0 Å². The minimum absolute atomic E-state index is 0.244. The lowest BCUT2D eigenvalue weighted by Crippen LogP contribution is -2.37. The quantitative estimate of drug-likeness (QED) is 0.487. The number of nitrogens with zero attached hydrogens (tertiary/aromatic N) is 1. The second-order valence-electron chi connectivity index (χ2n) is 3.75. The van der Waals surface area contributed by atoms with Crippen LogP contribution in [0.15, 0.2) is 24.3 Å². The van der Waals surface area contributed by atoms with Gasteiger partial charge in [-0.05, 0) is 25.1 Å². The molecule has 0 heterocycles. The van der Waals surface area contributed by atoms with E-state index in [0.717, 1.165) is 0 Å². The molecule has 5 heteroatoms. The van der Waals surface area contributed by atoms with Crippen LogP contribution in [0.3, 0.4) is 0 Å². The van der Waals surface area contributed by atoms with Gasteiger partial charge in [-0.25, -0.2) is 0 Å². The van der Waals surface area contributed by atoms with Crippen molar-refractivity contribution in [3.8, 4) is 0 Å². The van der Waals surface area contributed by atoms with Crippen LogP contribution < -0.4 is 5.73 Å². The summed E-state index contributed by atoms with van der Waals surface area (Å²) in [6.45, 7) is 2.93. The zero-order chi connectivity index (χ0) is 13.0. The van der Waals surface area contributed by atoms with Gasteiger partial charge in [0.05, 0.1) is 0 Å². The van der Waals surface area contributed by atoms with Gasteiger partial charge in [0.25, 0.3) is 5.91 Å². The minimum atomic E-state index is -0.610. The van der Waals surface area contributed by atoms with Crippen LogP contribution in [0.2, 0.25) is 0 Å². The van der Waals surface area contributed by atoms with Gasteiger partial charge in [0.1, 0.15) is 0 Å². The number of hydrogen-bond acceptors (Lipinski definition) is 4. The van der Waals surface area contributed by atoms with Crippen molar-refractivity contribution in [2.75, 3.05) is 12.8 Å². The molecule has 1 rings (SSSR count). The molecule has 2 N–H and O–H groups in total. The third kappa shape index (κ3) is 3.48. The topological polar surface area (TPSA) is 72.6 Å². The number of carbonyl (C=O) groups is 2. The molecule has 0 radical (unpaired) electrons. The van der Waals surface area contributed by atoms with Crippen molar-refractivity contribution in [1.29, 1.82) is 0 Å². The molecule has 0 aliphatic heterocycles. The van der Waals surface area contributed by atoms with Gasteiger partial charge >= 0.3 is 5.97 Å². The number of ether oxygens (including phenoxy) is 1. The van der Waals surface area contributed by atoms with E-state index in [1.807, 2.05) is 0 Å². The molecule has 1 atom stereocenters. The average Bonchev–Trinajstić information content (AvgIpc) is 2.26. The largest absolute Gasteiger partial charge is 0.442 e. The van der Waals surface area contributed by atoms with E-state index in [0.29, 0.717) is 11.3 Å². The maximum atomic E-state index is 12.0. The summed E-state index contributed by atoms with van der Waals surface area (Å²) in [5.74, 6) is -0.671. The number of carbonyl (C=O) groups excluding carboxylic acids is 2. The molecule has 1 aromatic carbocycles. The lowest BCUT2D eigenvalue weighted by atomic mass is 10.2. The Morgan fingerprint density at radius 2 is 2.06 bits per heavy atom. The van der Waals surface area contributed by atoms with E-state index in [2.05, 4.69) is 0 Å². The Hall–Kier alpha value is -2.04. The molecule has 0 fully saturated rings. The summed E-state index contributed by atoms with van der Waals surface area (Å²) in [7, 11) is 1.57. The Balaban J connectivity index is 2.79. The van der Waals surface area contributed by atoms with Gasteiger partial charge in [-0.3, -0.25) is 9.59 Å². The third-order valence-electron chi connectivity index (χ3n) is 2.34. The van der Waals surface area contributed by atoms with Crippen molar-refractivity contribution in [2.24, 2.45) is 0 Å². The van der Waals surface area contributed by atoms with E-state index in [1.54, 1.807) is 38.2 Å². The maximum Gasteiger partial charge on any atom is 0.304 e. The van der Waals surface area contributed by atoms with Crippen molar-refractivity contribution in [1.82, 2.24) is 4.90 Å². The van der Waals surface area contributed by atoms with E-state index in [9.17, 15) is 9.59 Å².